The Morgan fingerprint density at radius 3 is 2.40 bits per heavy atom. The molecule has 1 saturated heterocycles. The third-order valence-electron chi connectivity index (χ3n) is 6.67. The molecular formula is C22H33N3O4S. The number of aromatic nitrogens is 1. The predicted octanol–water partition coefficient (Wildman–Crippen LogP) is 2.73. The summed E-state index contributed by atoms with van der Waals surface area (Å²) in [6.07, 6.45) is 10.0. The maximum atomic E-state index is 12.2. The Morgan fingerprint density at radius 1 is 1.00 bits per heavy atom. The fourth-order valence-electron chi connectivity index (χ4n) is 4.89. The summed E-state index contributed by atoms with van der Waals surface area (Å²) < 4.78 is 30.3. The zero-order valence-electron chi connectivity index (χ0n) is 17.9. The molecule has 0 radical (unpaired) electrons. The number of sulfone groups is 1. The lowest BCUT2D eigenvalue weighted by Gasteiger charge is -2.40. The highest BCUT2D eigenvalue weighted by Crippen LogP contribution is 2.23. The van der Waals surface area contributed by atoms with Crippen molar-refractivity contribution in [1.29, 1.82) is 0 Å². The van der Waals surface area contributed by atoms with Gasteiger partial charge in [-0.2, -0.15) is 0 Å². The lowest BCUT2D eigenvalue weighted by Crippen LogP contribution is -2.50. The molecule has 4 rings (SSSR count). The Balaban J connectivity index is 1.25. The minimum Gasteiger partial charge on any atom is -0.408 e. The van der Waals surface area contributed by atoms with E-state index in [0.717, 1.165) is 44.8 Å². The van der Waals surface area contributed by atoms with Crippen LogP contribution in [0.5, 0.6) is 0 Å². The number of hydrogen-bond donors (Lipinski definition) is 0. The average Bonchev–Trinajstić information content (AvgIpc) is 3.06. The van der Waals surface area contributed by atoms with E-state index in [-0.39, 0.29) is 4.90 Å². The van der Waals surface area contributed by atoms with Gasteiger partial charge in [0.25, 0.3) is 0 Å². The first-order valence-corrected chi connectivity index (χ1v) is 13.1. The second-order valence-electron chi connectivity index (χ2n) is 8.80. The van der Waals surface area contributed by atoms with Gasteiger partial charge < -0.3 is 9.32 Å². The highest BCUT2D eigenvalue weighted by atomic mass is 32.2. The summed E-state index contributed by atoms with van der Waals surface area (Å²) in [7, 11) is -3.32. The first-order chi connectivity index (χ1) is 14.4. The number of aryl methyl sites for hydroxylation is 1. The molecule has 1 aliphatic heterocycles. The quantitative estimate of drug-likeness (QED) is 0.623. The third-order valence-corrected chi connectivity index (χ3v) is 7.78. The van der Waals surface area contributed by atoms with E-state index in [4.69, 9.17) is 4.42 Å². The van der Waals surface area contributed by atoms with E-state index in [9.17, 15) is 13.2 Å². The van der Waals surface area contributed by atoms with E-state index in [2.05, 4.69) is 9.80 Å². The second-order valence-corrected chi connectivity index (χ2v) is 10.8. The Hall–Kier alpha value is -1.64. The molecule has 30 heavy (non-hydrogen) atoms. The zero-order chi connectivity index (χ0) is 21.1. The van der Waals surface area contributed by atoms with E-state index < -0.39 is 15.6 Å². The van der Waals surface area contributed by atoms with Gasteiger partial charge >= 0.3 is 5.76 Å². The molecule has 2 aliphatic rings. The number of oxazole rings is 1. The zero-order valence-corrected chi connectivity index (χ0v) is 18.7. The molecule has 0 spiro atoms. The summed E-state index contributed by atoms with van der Waals surface area (Å²) in [5.74, 6) is -0.420. The third kappa shape index (κ3) is 4.98. The fourth-order valence-corrected chi connectivity index (χ4v) is 5.53. The monoisotopic (exact) mass is 435 g/mol. The molecular weight excluding hydrogens is 402 g/mol. The van der Waals surface area contributed by atoms with Crippen LogP contribution in [0.2, 0.25) is 0 Å². The Morgan fingerprint density at radius 2 is 1.70 bits per heavy atom. The minimum absolute atomic E-state index is 0.170. The van der Waals surface area contributed by atoms with Crippen molar-refractivity contribution >= 4 is 20.9 Å². The Kier molecular flexibility index (Phi) is 6.65. The van der Waals surface area contributed by atoms with Crippen LogP contribution in [0.3, 0.4) is 0 Å². The Bertz CT molecular complexity index is 1010. The van der Waals surface area contributed by atoms with Crippen molar-refractivity contribution < 1.29 is 12.8 Å². The van der Waals surface area contributed by atoms with Gasteiger partial charge in [-0.15, -0.1) is 0 Å². The van der Waals surface area contributed by atoms with E-state index in [0.29, 0.717) is 17.6 Å². The van der Waals surface area contributed by atoms with Gasteiger partial charge in [0.1, 0.15) is 0 Å². The summed E-state index contributed by atoms with van der Waals surface area (Å²) in [4.78, 5) is 17.6. The number of nitrogens with zero attached hydrogens (tertiary/aromatic N) is 3. The van der Waals surface area contributed by atoms with Crippen molar-refractivity contribution in [2.75, 3.05) is 39.0 Å². The molecule has 1 aromatic heterocycles. The molecule has 2 fully saturated rings. The highest BCUT2D eigenvalue weighted by Gasteiger charge is 2.24. The average molecular weight is 436 g/mol. The van der Waals surface area contributed by atoms with Gasteiger partial charge in [0, 0.05) is 51.1 Å². The first kappa shape index (κ1) is 21.6. The van der Waals surface area contributed by atoms with E-state index >= 15 is 0 Å². The van der Waals surface area contributed by atoms with Crippen LogP contribution < -0.4 is 5.76 Å². The molecule has 7 nitrogen and oxygen atoms in total. The summed E-state index contributed by atoms with van der Waals surface area (Å²) in [5.41, 5.74) is 0.996. The smallest absolute Gasteiger partial charge is 0.408 e. The summed E-state index contributed by atoms with van der Waals surface area (Å²) in [6, 6.07) is 5.45. The SMILES string of the molecule is CS(=O)(=O)c1ccc2c(c1)oc(=O)n2CCCCN1CCN(C2CCCCC2)CC1. The number of rotatable bonds is 7. The number of piperazine rings is 1. The maximum absolute atomic E-state index is 12.2. The van der Waals surface area contributed by atoms with Gasteiger partial charge in [0.05, 0.1) is 10.4 Å². The highest BCUT2D eigenvalue weighted by molar-refractivity contribution is 7.90. The number of unbranched alkanes of at least 4 members (excludes halogenated alkanes) is 1. The number of fused-ring (bicyclic) bond motifs is 1. The van der Waals surface area contributed by atoms with Crippen LogP contribution in [0.4, 0.5) is 0 Å². The summed E-state index contributed by atoms with van der Waals surface area (Å²) in [5, 5.41) is 0. The largest absolute Gasteiger partial charge is 0.419 e. The molecule has 8 heteroatoms. The Labute approximate surface area is 178 Å². The van der Waals surface area contributed by atoms with Gasteiger partial charge in [-0.1, -0.05) is 19.3 Å². The van der Waals surface area contributed by atoms with Crippen molar-refractivity contribution in [3.8, 4) is 0 Å². The van der Waals surface area contributed by atoms with Crippen LogP contribution in [0.25, 0.3) is 11.1 Å². The molecule has 0 unspecified atom stereocenters. The molecule has 1 aromatic carbocycles. The van der Waals surface area contributed by atoms with Crippen LogP contribution >= 0.6 is 0 Å². The second kappa shape index (κ2) is 9.24. The molecule has 166 valence electrons. The van der Waals surface area contributed by atoms with Crippen LogP contribution in [-0.4, -0.2) is 67.8 Å². The summed E-state index contributed by atoms with van der Waals surface area (Å²) in [6.45, 7) is 6.28. The van der Waals surface area contributed by atoms with Crippen molar-refractivity contribution in [3.05, 3.63) is 28.7 Å². The van der Waals surface area contributed by atoms with Crippen molar-refractivity contribution in [3.63, 3.8) is 0 Å². The number of benzene rings is 1. The minimum atomic E-state index is -3.32. The van der Waals surface area contributed by atoms with Crippen LogP contribution in [0, 0.1) is 0 Å². The maximum Gasteiger partial charge on any atom is 0.419 e. The summed E-state index contributed by atoms with van der Waals surface area (Å²) >= 11 is 0. The van der Waals surface area contributed by atoms with Gasteiger partial charge in [0.15, 0.2) is 15.4 Å². The van der Waals surface area contributed by atoms with Crippen molar-refractivity contribution in [2.24, 2.45) is 0 Å². The first-order valence-electron chi connectivity index (χ1n) is 11.2. The predicted molar refractivity (Wildman–Crippen MR) is 118 cm³/mol. The number of hydrogen-bond acceptors (Lipinski definition) is 6. The van der Waals surface area contributed by atoms with E-state index in [1.54, 1.807) is 10.6 Å². The normalized spacial score (nSPS) is 20.2. The molecule has 2 aromatic rings. The molecule has 1 aliphatic carbocycles. The molecule has 2 heterocycles. The molecule has 0 bridgehead atoms. The van der Waals surface area contributed by atoms with Gasteiger partial charge in [-0.05, 0) is 44.4 Å². The van der Waals surface area contributed by atoms with E-state index in [1.165, 1.54) is 57.3 Å². The van der Waals surface area contributed by atoms with Gasteiger partial charge in [-0.25, -0.2) is 13.2 Å². The topological polar surface area (TPSA) is 75.8 Å². The van der Waals surface area contributed by atoms with Crippen molar-refractivity contribution in [1.82, 2.24) is 14.4 Å². The fraction of sp³-hybridized carbons (Fsp3) is 0.682. The molecule has 0 atom stereocenters. The molecule has 1 saturated carbocycles. The van der Waals surface area contributed by atoms with Crippen LogP contribution in [0.1, 0.15) is 44.9 Å². The van der Waals surface area contributed by atoms with E-state index in [1.807, 2.05) is 0 Å². The lowest BCUT2D eigenvalue weighted by atomic mass is 9.94. The van der Waals surface area contributed by atoms with Gasteiger partial charge in [-0.3, -0.25) is 9.47 Å². The standard InChI is InChI=1S/C22H33N3O4S/c1-30(27,28)19-9-10-20-21(17-19)29-22(26)25(20)12-6-5-11-23-13-15-24(16-14-23)18-7-3-2-4-8-18/h9-10,17-18H,2-8,11-16H2,1H3. The lowest BCUT2D eigenvalue weighted by molar-refractivity contribution is 0.0780. The van der Waals surface area contributed by atoms with Crippen molar-refractivity contribution in [2.45, 2.75) is 62.4 Å². The van der Waals surface area contributed by atoms with Crippen LogP contribution in [-0.2, 0) is 16.4 Å². The molecule has 0 N–H and O–H groups in total. The molecule has 0 amide bonds. The van der Waals surface area contributed by atoms with Crippen LogP contribution in [0.15, 0.2) is 32.3 Å². The van der Waals surface area contributed by atoms with Gasteiger partial charge in [0.2, 0.25) is 0 Å².